The number of carboxylic acid groups (broad SMARTS) is 1. The van der Waals surface area contributed by atoms with Crippen molar-refractivity contribution < 1.29 is 19.4 Å². The Kier molecular flexibility index (Phi) is 10.4. The smallest absolute Gasteiger partial charge is 0.408 e. The predicted molar refractivity (Wildman–Crippen MR) is 96.1 cm³/mol. The van der Waals surface area contributed by atoms with Crippen LogP contribution < -0.4 is 5.32 Å². The molecular weight excluding hydrogens is 334 g/mol. The Balaban J connectivity index is 2.25. The molecule has 5 nitrogen and oxygen atoms in total. The van der Waals surface area contributed by atoms with Crippen LogP contribution in [0.25, 0.3) is 0 Å². The van der Waals surface area contributed by atoms with Crippen molar-refractivity contribution in [1.29, 1.82) is 0 Å². The average Bonchev–Trinajstić information content (AvgIpc) is 2.55. The number of hydrogen-bond acceptors (Lipinski definition) is 5. The van der Waals surface area contributed by atoms with Crippen molar-refractivity contribution in [1.82, 2.24) is 5.32 Å². The van der Waals surface area contributed by atoms with Gasteiger partial charge in [0.1, 0.15) is 12.6 Å². The van der Waals surface area contributed by atoms with Crippen LogP contribution in [0, 0.1) is 0 Å². The van der Waals surface area contributed by atoms with E-state index in [9.17, 15) is 9.59 Å². The van der Waals surface area contributed by atoms with Gasteiger partial charge in [-0.2, -0.15) is 23.5 Å². The first-order valence-corrected chi connectivity index (χ1v) is 9.80. The number of carbonyl (C=O) groups excluding carboxylic acids is 1. The maximum Gasteiger partial charge on any atom is 0.408 e. The van der Waals surface area contributed by atoms with Gasteiger partial charge in [-0.15, -0.1) is 0 Å². The van der Waals surface area contributed by atoms with Gasteiger partial charge >= 0.3 is 12.1 Å². The van der Waals surface area contributed by atoms with Crippen molar-refractivity contribution in [2.24, 2.45) is 0 Å². The lowest BCUT2D eigenvalue weighted by Crippen LogP contribution is -2.42. The Morgan fingerprint density at radius 2 is 1.91 bits per heavy atom. The molecule has 0 aliphatic heterocycles. The van der Waals surface area contributed by atoms with E-state index >= 15 is 0 Å². The summed E-state index contributed by atoms with van der Waals surface area (Å²) in [5.74, 6) is 2.35. The Hall–Kier alpha value is -1.34. The molecule has 0 saturated heterocycles. The molecule has 0 spiro atoms. The van der Waals surface area contributed by atoms with Gasteiger partial charge in [0.05, 0.1) is 0 Å². The molecule has 0 bridgehead atoms. The Bertz CT molecular complexity index is 470. The maximum atomic E-state index is 11.7. The van der Waals surface area contributed by atoms with Crippen LogP contribution in [0.15, 0.2) is 30.3 Å². The number of amides is 1. The molecule has 23 heavy (non-hydrogen) atoms. The zero-order valence-electron chi connectivity index (χ0n) is 13.2. The number of ether oxygens (including phenoxy) is 1. The fraction of sp³-hybridized carbons (Fsp3) is 0.500. The lowest BCUT2D eigenvalue weighted by Gasteiger charge is -2.14. The number of thioether (sulfide) groups is 2. The summed E-state index contributed by atoms with van der Waals surface area (Å²) in [7, 11) is 0. The van der Waals surface area contributed by atoms with Crippen LogP contribution in [0.4, 0.5) is 4.79 Å². The molecule has 0 saturated carbocycles. The van der Waals surface area contributed by atoms with E-state index in [2.05, 4.69) is 12.2 Å². The summed E-state index contributed by atoms with van der Waals surface area (Å²) in [6, 6.07) is 8.33. The third-order valence-electron chi connectivity index (χ3n) is 2.87. The molecule has 0 fully saturated rings. The molecule has 1 amide bonds. The third kappa shape index (κ3) is 9.40. The first-order valence-electron chi connectivity index (χ1n) is 7.49. The van der Waals surface area contributed by atoms with Crippen LogP contribution in [0.5, 0.6) is 0 Å². The minimum Gasteiger partial charge on any atom is -0.480 e. The van der Waals surface area contributed by atoms with E-state index in [1.807, 2.05) is 42.1 Å². The lowest BCUT2D eigenvalue weighted by molar-refractivity contribution is -0.138. The molecular formula is C16H23NO4S2. The molecule has 2 N–H and O–H groups in total. The number of rotatable bonds is 11. The average molecular weight is 357 g/mol. The highest BCUT2D eigenvalue weighted by molar-refractivity contribution is 8.00. The molecule has 1 aromatic rings. The highest BCUT2D eigenvalue weighted by Gasteiger charge is 2.20. The second-order valence-electron chi connectivity index (χ2n) is 4.72. The van der Waals surface area contributed by atoms with E-state index < -0.39 is 18.1 Å². The Labute approximate surface area is 145 Å². The summed E-state index contributed by atoms with van der Waals surface area (Å²) in [6.45, 7) is 2.24. The number of hydrogen-bond donors (Lipinski definition) is 2. The number of carbonyl (C=O) groups is 2. The maximum absolute atomic E-state index is 11.7. The molecule has 0 aliphatic rings. The Morgan fingerprint density at radius 1 is 1.22 bits per heavy atom. The van der Waals surface area contributed by atoms with Crippen molar-refractivity contribution in [3.05, 3.63) is 35.9 Å². The zero-order valence-corrected chi connectivity index (χ0v) is 14.8. The SMILES string of the molecule is CCSCCCSCC(NC(=O)OCc1ccccc1)C(=O)O. The van der Waals surface area contributed by atoms with Crippen LogP contribution >= 0.6 is 23.5 Å². The molecule has 1 rings (SSSR count). The van der Waals surface area contributed by atoms with Crippen LogP contribution in [-0.4, -0.2) is 46.2 Å². The van der Waals surface area contributed by atoms with Crippen LogP contribution in [0.3, 0.4) is 0 Å². The molecule has 1 atom stereocenters. The second-order valence-corrected chi connectivity index (χ2v) is 7.27. The largest absolute Gasteiger partial charge is 0.480 e. The number of benzene rings is 1. The first kappa shape index (κ1) is 19.7. The topological polar surface area (TPSA) is 75.6 Å². The van der Waals surface area contributed by atoms with Crippen molar-refractivity contribution >= 4 is 35.6 Å². The predicted octanol–water partition coefficient (Wildman–Crippen LogP) is 3.24. The molecule has 1 unspecified atom stereocenters. The summed E-state index contributed by atoms with van der Waals surface area (Å²) in [5, 5.41) is 11.6. The van der Waals surface area contributed by atoms with E-state index in [1.165, 1.54) is 11.8 Å². The van der Waals surface area contributed by atoms with Gasteiger partial charge in [0.2, 0.25) is 0 Å². The van der Waals surface area contributed by atoms with Crippen molar-refractivity contribution in [2.45, 2.75) is 26.0 Å². The van der Waals surface area contributed by atoms with Gasteiger partial charge in [-0.3, -0.25) is 0 Å². The first-order chi connectivity index (χ1) is 11.1. The van der Waals surface area contributed by atoms with Gasteiger partial charge in [-0.05, 0) is 29.2 Å². The number of nitrogens with one attached hydrogen (secondary N) is 1. The molecule has 128 valence electrons. The van der Waals surface area contributed by atoms with Crippen molar-refractivity contribution in [2.75, 3.05) is 23.0 Å². The summed E-state index contributed by atoms with van der Waals surface area (Å²) < 4.78 is 5.04. The van der Waals surface area contributed by atoms with E-state index in [-0.39, 0.29) is 6.61 Å². The summed E-state index contributed by atoms with van der Waals surface area (Å²) in [5.41, 5.74) is 0.859. The normalized spacial score (nSPS) is 11.7. The van der Waals surface area contributed by atoms with Crippen molar-refractivity contribution in [3.8, 4) is 0 Å². The van der Waals surface area contributed by atoms with Gasteiger partial charge < -0.3 is 15.2 Å². The molecule has 1 aromatic carbocycles. The summed E-state index contributed by atoms with van der Waals surface area (Å²) in [4.78, 5) is 22.9. The highest BCUT2D eigenvalue weighted by Crippen LogP contribution is 2.09. The minimum absolute atomic E-state index is 0.125. The number of alkyl carbamates (subject to hydrolysis) is 1. The van der Waals surface area contributed by atoms with E-state index in [1.54, 1.807) is 0 Å². The van der Waals surface area contributed by atoms with Crippen molar-refractivity contribution in [3.63, 3.8) is 0 Å². The van der Waals surface area contributed by atoms with Gasteiger partial charge in [-0.1, -0.05) is 37.3 Å². The van der Waals surface area contributed by atoms with Gasteiger partial charge in [0.25, 0.3) is 0 Å². The lowest BCUT2D eigenvalue weighted by atomic mass is 10.2. The fourth-order valence-electron chi connectivity index (χ4n) is 1.69. The quantitative estimate of drug-likeness (QED) is 0.592. The molecule has 0 aromatic heterocycles. The third-order valence-corrected chi connectivity index (χ3v) is 5.00. The van der Waals surface area contributed by atoms with Gasteiger partial charge in [0.15, 0.2) is 0 Å². The van der Waals surface area contributed by atoms with Crippen LogP contribution in [0.1, 0.15) is 18.9 Å². The fourth-order valence-corrected chi connectivity index (χ4v) is 3.49. The zero-order chi connectivity index (χ0) is 16.9. The Morgan fingerprint density at radius 3 is 2.57 bits per heavy atom. The summed E-state index contributed by atoms with van der Waals surface area (Å²) >= 11 is 3.40. The monoisotopic (exact) mass is 357 g/mol. The van der Waals surface area contributed by atoms with E-state index in [0.29, 0.717) is 5.75 Å². The van der Waals surface area contributed by atoms with Crippen LogP contribution in [0.2, 0.25) is 0 Å². The standard InChI is InChI=1S/C16H23NO4S2/c1-2-22-9-6-10-23-12-14(15(18)19)17-16(20)21-11-13-7-4-3-5-8-13/h3-5,7-8,14H,2,6,9-12H2,1H3,(H,17,20)(H,18,19). The van der Waals surface area contributed by atoms with E-state index in [4.69, 9.17) is 9.84 Å². The number of aliphatic carboxylic acids is 1. The molecule has 7 heteroatoms. The highest BCUT2D eigenvalue weighted by atomic mass is 32.2. The second kappa shape index (κ2) is 12.1. The molecule has 0 radical (unpaired) electrons. The van der Waals surface area contributed by atoms with Gasteiger partial charge in [-0.25, -0.2) is 9.59 Å². The molecule has 0 aliphatic carbocycles. The minimum atomic E-state index is -1.04. The summed E-state index contributed by atoms with van der Waals surface area (Å²) in [6.07, 6.45) is 0.330. The number of carboxylic acids is 1. The molecule has 0 heterocycles. The van der Waals surface area contributed by atoms with E-state index in [0.717, 1.165) is 29.2 Å². The van der Waals surface area contributed by atoms with Gasteiger partial charge in [0, 0.05) is 5.75 Å². The van der Waals surface area contributed by atoms with Crippen LogP contribution in [-0.2, 0) is 16.1 Å².